The lowest BCUT2D eigenvalue weighted by molar-refractivity contribution is -0.113. The number of hydrogen-bond acceptors (Lipinski definition) is 5. The fourth-order valence-corrected chi connectivity index (χ4v) is 3.63. The Morgan fingerprint density at radius 1 is 1.23 bits per heavy atom. The maximum Gasteiger partial charge on any atom is 0.343 e. The highest BCUT2D eigenvalue weighted by Crippen LogP contribution is 2.30. The van der Waals surface area contributed by atoms with Crippen LogP contribution in [0.15, 0.2) is 56.8 Å². The molecule has 2 heterocycles. The normalized spacial score (nSPS) is 11.3. The predicted molar refractivity (Wildman–Crippen MR) is 102 cm³/mol. The zero-order valence-corrected chi connectivity index (χ0v) is 14.8. The fourth-order valence-electron chi connectivity index (χ4n) is 2.82. The molecule has 0 atom stereocenters. The summed E-state index contributed by atoms with van der Waals surface area (Å²) in [6.07, 6.45) is 0. The van der Waals surface area contributed by atoms with Gasteiger partial charge in [-0.1, -0.05) is 30.0 Å². The topological polar surface area (TPSA) is 92.9 Å². The number of aromatic amines is 1. The average molecular weight is 368 g/mol. The molecular weight excluding hydrogens is 352 g/mol. The van der Waals surface area contributed by atoms with E-state index in [1.807, 2.05) is 49.4 Å². The Balaban J connectivity index is 1.50. The number of nitrogens with one attached hydrogen (secondary N) is 2. The van der Waals surface area contributed by atoms with Crippen molar-refractivity contribution in [2.24, 2.45) is 0 Å². The number of carbonyl (C=O) groups excluding carboxylic acids is 1. The maximum absolute atomic E-state index is 12.2. The summed E-state index contributed by atoms with van der Waals surface area (Å²) in [7, 11) is 0. The van der Waals surface area contributed by atoms with E-state index in [0.29, 0.717) is 17.4 Å². The van der Waals surface area contributed by atoms with Crippen LogP contribution >= 0.6 is 11.8 Å². The molecule has 0 aliphatic rings. The van der Waals surface area contributed by atoms with Gasteiger partial charge in [-0.3, -0.25) is 9.36 Å². The molecule has 0 unspecified atom stereocenters. The number of amides is 1. The van der Waals surface area contributed by atoms with Crippen molar-refractivity contribution in [1.29, 1.82) is 0 Å². The molecular formula is C18H16N4O3S. The smallest absolute Gasteiger partial charge is 0.343 e. The summed E-state index contributed by atoms with van der Waals surface area (Å²) in [5.74, 6) is -0.00526. The zero-order valence-electron chi connectivity index (χ0n) is 14.0. The van der Waals surface area contributed by atoms with Crippen molar-refractivity contribution >= 4 is 45.3 Å². The molecule has 0 bridgehead atoms. The molecule has 0 radical (unpaired) electrons. The number of nitrogens with zero attached hydrogens (tertiary/aromatic N) is 2. The Hall–Kier alpha value is -3.00. The second kappa shape index (κ2) is 6.72. The van der Waals surface area contributed by atoms with E-state index < -0.39 is 0 Å². The molecule has 4 aromatic rings. The molecule has 4 rings (SSSR count). The Kier molecular flexibility index (Phi) is 4.26. The van der Waals surface area contributed by atoms with E-state index >= 15 is 0 Å². The third-order valence-corrected chi connectivity index (χ3v) is 5.01. The monoisotopic (exact) mass is 368 g/mol. The Labute approximate surface area is 152 Å². The number of benzene rings is 2. The lowest BCUT2D eigenvalue weighted by atomic mass is 10.1. The Morgan fingerprint density at radius 3 is 2.88 bits per heavy atom. The van der Waals surface area contributed by atoms with Crippen LogP contribution in [0.1, 0.15) is 6.92 Å². The minimum atomic E-state index is -0.271. The van der Waals surface area contributed by atoms with Crippen molar-refractivity contribution in [2.75, 3.05) is 11.1 Å². The predicted octanol–water partition coefficient (Wildman–Crippen LogP) is 3.22. The summed E-state index contributed by atoms with van der Waals surface area (Å²) in [5.41, 5.74) is 2.02. The molecule has 0 fully saturated rings. The second-order valence-corrected chi connectivity index (χ2v) is 6.64. The van der Waals surface area contributed by atoms with Crippen LogP contribution in [0.3, 0.4) is 0 Å². The number of carbonyl (C=O) groups is 1. The van der Waals surface area contributed by atoms with Gasteiger partial charge in [-0.2, -0.15) is 0 Å². The molecule has 2 N–H and O–H groups in total. The van der Waals surface area contributed by atoms with Gasteiger partial charge < -0.3 is 9.73 Å². The summed E-state index contributed by atoms with van der Waals surface area (Å²) in [5, 5.41) is 11.7. The lowest BCUT2D eigenvalue weighted by Crippen LogP contribution is -2.17. The molecule has 26 heavy (non-hydrogen) atoms. The van der Waals surface area contributed by atoms with E-state index in [2.05, 4.69) is 15.5 Å². The van der Waals surface area contributed by atoms with Crippen LogP contribution in [0.5, 0.6) is 0 Å². The first-order valence-corrected chi connectivity index (χ1v) is 9.13. The van der Waals surface area contributed by atoms with E-state index in [9.17, 15) is 9.59 Å². The SMILES string of the molecule is CCn1c(SCC(=O)Nc2ccc3oc4ccccc4c3c2)n[nH]c1=O. The average Bonchev–Trinajstić information content (AvgIpc) is 3.19. The van der Waals surface area contributed by atoms with Gasteiger partial charge in [-0.15, -0.1) is 5.10 Å². The first kappa shape index (κ1) is 16.5. The molecule has 0 saturated heterocycles. The summed E-state index contributed by atoms with van der Waals surface area (Å²) < 4.78 is 7.27. The van der Waals surface area contributed by atoms with Gasteiger partial charge in [0, 0.05) is 23.0 Å². The van der Waals surface area contributed by atoms with E-state index in [4.69, 9.17) is 4.42 Å². The maximum atomic E-state index is 12.2. The largest absolute Gasteiger partial charge is 0.456 e. The number of thioether (sulfide) groups is 1. The van der Waals surface area contributed by atoms with Crippen molar-refractivity contribution in [3.05, 3.63) is 52.9 Å². The van der Waals surface area contributed by atoms with Crippen molar-refractivity contribution in [2.45, 2.75) is 18.6 Å². The number of fused-ring (bicyclic) bond motifs is 3. The van der Waals surface area contributed by atoms with E-state index in [0.717, 1.165) is 21.9 Å². The summed E-state index contributed by atoms with van der Waals surface area (Å²) in [4.78, 5) is 23.8. The van der Waals surface area contributed by atoms with Gasteiger partial charge in [0.25, 0.3) is 0 Å². The molecule has 0 saturated carbocycles. The van der Waals surface area contributed by atoms with Gasteiger partial charge in [0.1, 0.15) is 11.2 Å². The van der Waals surface area contributed by atoms with Crippen LogP contribution in [0.4, 0.5) is 5.69 Å². The van der Waals surface area contributed by atoms with Crippen LogP contribution in [0.25, 0.3) is 21.9 Å². The number of aromatic nitrogens is 3. The van der Waals surface area contributed by atoms with Crippen molar-refractivity contribution in [1.82, 2.24) is 14.8 Å². The van der Waals surface area contributed by atoms with Gasteiger partial charge >= 0.3 is 5.69 Å². The Bertz CT molecular complexity index is 1160. The summed E-state index contributed by atoms with van der Waals surface area (Å²) in [6, 6.07) is 13.3. The quantitative estimate of drug-likeness (QED) is 0.528. The number of hydrogen-bond donors (Lipinski definition) is 2. The van der Waals surface area contributed by atoms with Crippen molar-refractivity contribution in [3.63, 3.8) is 0 Å². The molecule has 2 aromatic carbocycles. The minimum Gasteiger partial charge on any atom is -0.456 e. The van der Waals surface area contributed by atoms with Gasteiger partial charge in [-0.25, -0.2) is 9.89 Å². The molecule has 8 heteroatoms. The van der Waals surface area contributed by atoms with Crippen molar-refractivity contribution < 1.29 is 9.21 Å². The number of anilines is 1. The highest BCUT2D eigenvalue weighted by molar-refractivity contribution is 7.99. The minimum absolute atomic E-state index is 0.161. The standard InChI is InChI=1S/C18H16N4O3S/c1-2-22-17(24)20-21-18(22)26-10-16(23)19-11-7-8-15-13(9-11)12-5-3-4-6-14(12)25-15/h3-9H,2,10H2,1H3,(H,19,23)(H,20,24). The lowest BCUT2D eigenvalue weighted by Gasteiger charge is -2.05. The zero-order chi connectivity index (χ0) is 18.1. The van der Waals surface area contributed by atoms with E-state index in [1.165, 1.54) is 16.3 Å². The third kappa shape index (κ3) is 2.99. The van der Waals surface area contributed by atoms with E-state index in [1.54, 1.807) is 0 Å². The van der Waals surface area contributed by atoms with E-state index in [-0.39, 0.29) is 17.3 Å². The highest BCUT2D eigenvalue weighted by Gasteiger charge is 2.12. The number of furan rings is 1. The first-order valence-electron chi connectivity index (χ1n) is 8.15. The van der Waals surface area contributed by atoms with Gasteiger partial charge in [-0.05, 0) is 31.2 Å². The number of para-hydroxylation sites is 1. The molecule has 132 valence electrons. The second-order valence-electron chi connectivity index (χ2n) is 5.70. The van der Waals surface area contributed by atoms with Crippen LogP contribution in [-0.2, 0) is 11.3 Å². The molecule has 0 aliphatic carbocycles. The van der Waals surface area contributed by atoms with Crippen LogP contribution in [-0.4, -0.2) is 26.4 Å². The number of rotatable bonds is 5. The van der Waals surface area contributed by atoms with Crippen LogP contribution in [0.2, 0.25) is 0 Å². The summed E-state index contributed by atoms with van der Waals surface area (Å²) in [6.45, 7) is 2.36. The molecule has 1 amide bonds. The van der Waals surface area contributed by atoms with Gasteiger partial charge in [0.15, 0.2) is 5.16 Å². The molecule has 7 nitrogen and oxygen atoms in total. The fraction of sp³-hybridized carbons (Fsp3) is 0.167. The van der Waals surface area contributed by atoms with Crippen LogP contribution in [0, 0.1) is 0 Å². The first-order chi connectivity index (χ1) is 12.7. The third-order valence-electron chi connectivity index (χ3n) is 4.03. The van der Waals surface area contributed by atoms with Crippen molar-refractivity contribution in [3.8, 4) is 0 Å². The van der Waals surface area contributed by atoms with Gasteiger partial charge in [0.2, 0.25) is 5.91 Å². The van der Waals surface area contributed by atoms with Crippen LogP contribution < -0.4 is 11.0 Å². The van der Waals surface area contributed by atoms with Gasteiger partial charge in [0.05, 0.1) is 5.75 Å². The molecule has 0 aliphatic heterocycles. The molecule has 2 aromatic heterocycles. The molecule has 0 spiro atoms. The number of H-pyrrole nitrogens is 1. The highest BCUT2D eigenvalue weighted by atomic mass is 32.2. The summed E-state index contributed by atoms with van der Waals surface area (Å²) >= 11 is 1.22. The Morgan fingerprint density at radius 2 is 2.04 bits per heavy atom.